The second-order valence-corrected chi connectivity index (χ2v) is 4.73. The standard InChI is InChI=1S/C11H8BrFN8/c12-6-2-1-3-7(13)8(6)17-10-18-9(14)19-11(20-10)21-5-15-4-16-21/h1-5H,(H3,14,17,18,19,20). The lowest BCUT2D eigenvalue weighted by Gasteiger charge is -2.09. The second kappa shape index (κ2) is 5.40. The summed E-state index contributed by atoms with van der Waals surface area (Å²) < 4.78 is 15.6. The van der Waals surface area contributed by atoms with Crippen LogP contribution in [-0.2, 0) is 0 Å². The van der Waals surface area contributed by atoms with Crippen LogP contribution in [0.3, 0.4) is 0 Å². The van der Waals surface area contributed by atoms with Crippen molar-refractivity contribution in [3.05, 3.63) is 41.1 Å². The number of hydrogen-bond donors (Lipinski definition) is 2. The number of hydrogen-bond acceptors (Lipinski definition) is 7. The molecule has 0 bridgehead atoms. The summed E-state index contributed by atoms with van der Waals surface area (Å²) in [6.45, 7) is 0. The normalized spacial score (nSPS) is 10.6. The Morgan fingerprint density at radius 1 is 1.24 bits per heavy atom. The molecule has 0 spiro atoms. The molecule has 0 unspecified atom stereocenters. The van der Waals surface area contributed by atoms with Crippen molar-refractivity contribution in [2.45, 2.75) is 0 Å². The number of nitrogen functional groups attached to an aromatic ring is 1. The number of para-hydroxylation sites is 1. The largest absolute Gasteiger partial charge is 0.368 e. The van der Waals surface area contributed by atoms with E-state index in [1.54, 1.807) is 12.1 Å². The number of halogens is 2. The molecule has 0 aliphatic carbocycles. The van der Waals surface area contributed by atoms with Gasteiger partial charge in [-0.3, -0.25) is 0 Å². The maximum Gasteiger partial charge on any atom is 0.258 e. The molecule has 0 radical (unpaired) electrons. The quantitative estimate of drug-likeness (QED) is 0.739. The van der Waals surface area contributed by atoms with Crippen molar-refractivity contribution in [1.29, 1.82) is 0 Å². The number of rotatable bonds is 3. The number of benzene rings is 1. The van der Waals surface area contributed by atoms with Crippen LogP contribution in [0.5, 0.6) is 0 Å². The molecule has 1 aromatic carbocycles. The van der Waals surface area contributed by atoms with Gasteiger partial charge in [0.2, 0.25) is 11.9 Å². The topological polar surface area (TPSA) is 107 Å². The van der Waals surface area contributed by atoms with Gasteiger partial charge in [0.25, 0.3) is 5.95 Å². The maximum atomic E-state index is 13.8. The number of anilines is 3. The summed E-state index contributed by atoms with van der Waals surface area (Å²) in [5.41, 5.74) is 5.83. The van der Waals surface area contributed by atoms with Crippen LogP contribution in [0, 0.1) is 5.82 Å². The van der Waals surface area contributed by atoms with Crippen LogP contribution in [0.4, 0.5) is 22.0 Å². The molecule has 3 aromatic rings. The molecule has 2 aromatic heterocycles. The van der Waals surface area contributed by atoms with Crippen LogP contribution in [0.25, 0.3) is 5.95 Å². The first-order chi connectivity index (χ1) is 10.1. The minimum atomic E-state index is -0.453. The molecular formula is C11H8BrFN8. The van der Waals surface area contributed by atoms with E-state index in [4.69, 9.17) is 5.73 Å². The van der Waals surface area contributed by atoms with Crippen LogP contribution >= 0.6 is 15.9 Å². The van der Waals surface area contributed by atoms with Gasteiger partial charge in [-0.25, -0.2) is 9.37 Å². The fourth-order valence-corrected chi connectivity index (χ4v) is 2.02. The van der Waals surface area contributed by atoms with Gasteiger partial charge in [0.1, 0.15) is 18.5 Å². The van der Waals surface area contributed by atoms with Gasteiger partial charge in [-0.1, -0.05) is 6.07 Å². The molecule has 0 atom stereocenters. The third-order valence-electron chi connectivity index (χ3n) is 2.46. The summed E-state index contributed by atoms with van der Waals surface area (Å²) in [7, 11) is 0. The summed E-state index contributed by atoms with van der Waals surface area (Å²) in [6, 6.07) is 4.58. The van der Waals surface area contributed by atoms with Gasteiger partial charge in [0.15, 0.2) is 0 Å². The Hall–Kier alpha value is -2.62. The molecule has 10 heteroatoms. The number of nitrogens with zero attached hydrogens (tertiary/aromatic N) is 6. The van der Waals surface area contributed by atoms with Gasteiger partial charge < -0.3 is 11.1 Å². The Morgan fingerprint density at radius 3 is 2.81 bits per heavy atom. The molecule has 3 N–H and O–H groups in total. The van der Waals surface area contributed by atoms with E-state index in [2.05, 4.69) is 46.3 Å². The zero-order chi connectivity index (χ0) is 14.8. The van der Waals surface area contributed by atoms with Gasteiger partial charge in [0.05, 0.1) is 5.69 Å². The Balaban J connectivity index is 2.00. The third kappa shape index (κ3) is 2.79. The maximum absolute atomic E-state index is 13.8. The van der Waals surface area contributed by atoms with Crippen molar-refractivity contribution in [2.75, 3.05) is 11.1 Å². The first-order valence-electron chi connectivity index (χ1n) is 5.71. The minimum Gasteiger partial charge on any atom is -0.368 e. The van der Waals surface area contributed by atoms with Crippen molar-refractivity contribution >= 4 is 33.5 Å². The Morgan fingerprint density at radius 2 is 2.10 bits per heavy atom. The first-order valence-corrected chi connectivity index (χ1v) is 6.50. The molecule has 0 fully saturated rings. The van der Waals surface area contributed by atoms with Gasteiger partial charge in [-0.05, 0) is 28.1 Å². The highest BCUT2D eigenvalue weighted by Gasteiger charge is 2.11. The number of aromatic nitrogens is 6. The molecule has 0 saturated heterocycles. The lowest BCUT2D eigenvalue weighted by molar-refractivity contribution is 0.630. The number of nitrogens with one attached hydrogen (secondary N) is 1. The van der Waals surface area contributed by atoms with Crippen LogP contribution in [0.15, 0.2) is 35.3 Å². The molecule has 2 heterocycles. The van der Waals surface area contributed by atoms with E-state index in [9.17, 15) is 4.39 Å². The monoisotopic (exact) mass is 350 g/mol. The predicted octanol–water partition coefficient (Wildman–Crippen LogP) is 1.68. The van der Waals surface area contributed by atoms with E-state index >= 15 is 0 Å². The van der Waals surface area contributed by atoms with Gasteiger partial charge in [0, 0.05) is 4.47 Å². The van der Waals surface area contributed by atoms with Gasteiger partial charge in [-0.2, -0.15) is 24.7 Å². The zero-order valence-corrected chi connectivity index (χ0v) is 12.0. The lowest BCUT2D eigenvalue weighted by atomic mass is 10.3. The molecule has 3 rings (SSSR count). The van der Waals surface area contributed by atoms with Gasteiger partial charge in [-0.15, -0.1) is 0 Å². The van der Waals surface area contributed by atoms with Crippen LogP contribution in [-0.4, -0.2) is 29.7 Å². The van der Waals surface area contributed by atoms with Crippen molar-refractivity contribution in [3.63, 3.8) is 0 Å². The van der Waals surface area contributed by atoms with Crippen LogP contribution < -0.4 is 11.1 Å². The van der Waals surface area contributed by atoms with E-state index < -0.39 is 5.82 Å². The fourth-order valence-electron chi connectivity index (χ4n) is 1.58. The third-order valence-corrected chi connectivity index (χ3v) is 3.12. The van der Waals surface area contributed by atoms with E-state index in [0.29, 0.717) is 4.47 Å². The average Bonchev–Trinajstić information content (AvgIpc) is 2.97. The summed E-state index contributed by atoms with van der Waals surface area (Å²) in [5, 5.41) is 6.65. The first kappa shape index (κ1) is 13.4. The summed E-state index contributed by atoms with van der Waals surface area (Å²) in [6.07, 6.45) is 2.75. The van der Waals surface area contributed by atoms with Crippen molar-refractivity contribution in [1.82, 2.24) is 29.7 Å². The highest BCUT2D eigenvalue weighted by atomic mass is 79.9. The van der Waals surface area contributed by atoms with Crippen molar-refractivity contribution < 1.29 is 4.39 Å². The summed E-state index contributed by atoms with van der Waals surface area (Å²) in [4.78, 5) is 15.8. The van der Waals surface area contributed by atoms with Crippen LogP contribution in [0.2, 0.25) is 0 Å². The predicted molar refractivity (Wildman–Crippen MR) is 76.5 cm³/mol. The summed E-state index contributed by atoms with van der Waals surface area (Å²) in [5.74, 6) is -0.204. The Labute approximate surface area is 126 Å². The molecular weight excluding hydrogens is 343 g/mol. The fraction of sp³-hybridized carbons (Fsp3) is 0. The zero-order valence-electron chi connectivity index (χ0n) is 10.4. The highest BCUT2D eigenvalue weighted by molar-refractivity contribution is 9.10. The molecule has 21 heavy (non-hydrogen) atoms. The van der Waals surface area contributed by atoms with E-state index in [0.717, 1.165) is 0 Å². The smallest absolute Gasteiger partial charge is 0.258 e. The van der Waals surface area contributed by atoms with Crippen molar-refractivity contribution in [3.8, 4) is 5.95 Å². The highest BCUT2D eigenvalue weighted by Crippen LogP contribution is 2.27. The molecule has 0 saturated carbocycles. The van der Waals surface area contributed by atoms with E-state index in [-0.39, 0.29) is 23.5 Å². The minimum absolute atomic E-state index is 0.0227. The lowest BCUT2D eigenvalue weighted by Crippen LogP contribution is -2.10. The van der Waals surface area contributed by atoms with Crippen LogP contribution in [0.1, 0.15) is 0 Å². The molecule has 8 nitrogen and oxygen atoms in total. The molecule has 0 aliphatic rings. The SMILES string of the molecule is Nc1nc(Nc2c(F)cccc2Br)nc(-n2cncn2)n1. The van der Waals surface area contributed by atoms with Gasteiger partial charge >= 0.3 is 0 Å². The molecule has 106 valence electrons. The number of nitrogens with two attached hydrogens (primary N) is 1. The molecule has 0 amide bonds. The second-order valence-electron chi connectivity index (χ2n) is 3.88. The van der Waals surface area contributed by atoms with E-state index in [1.165, 1.54) is 23.4 Å². The average molecular weight is 351 g/mol. The van der Waals surface area contributed by atoms with E-state index in [1.807, 2.05) is 0 Å². The Kier molecular flexibility index (Phi) is 3.44. The van der Waals surface area contributed by atoms with Crippen molar-refractivity contribution in [2.24, 2.45) is 0 Å². The Bertz CT molecular complexity index is 756. The summed E-state index contributed by atoms with van der Waals surface area (Å²) >= 11 is 3.25. The molecule has 0 aliphatic heterocycles.